The molecule has 0 amide bonds. The van der Waals surface area contributed by atoms with E-state index >= 15 is 0 Å². The Labute approximate surface area is 237 Å². The van der Waals surface area contributed by atoms with Crippen LogP contribution in [0.3, 0.4) is 0 Å². The van der Waals surface area contributed by atoms with Crippen molar-refractivity contribution in [3.05, 3.63) is 28.6 Å². The molecule has 3 heteroatoms. The van der Waals surface area contributed by atoms with E-state index in [4.69, 9.17) is 0 Å². The second-order valence-corrected chi connectivity index (χ2v) is 27.9. The van der Waals surface area contributed by atoms with Gasteiger partial charge in [0.05, 0.1) is 0 Å². The van der Waals surface area contributed by atoms with Gasteiger partial charge < -0.3 is 0 Å². The van der Waals surface area contributed by atoms with Crippen LogP contribution in [-0.2, 0) is 5.41 Å². The molecule has 2 aromatic heterocycles. The SMILES string of the molecule is CCCCCCC1(CCCCCC)c2ccsc2-c2s[c]([Sn]([CH2]CCC)([CH2]CCC)[CH2]CCC)cc21. The maximum atomic E-state index is 2.89. The molecule has 0 nitrogen and oxygen atoms in total. The normalized spacial score (nSPS) is 14.4. The number of hydrogen-bond acceptors (Lipinski definition) is 2. The minimum atomic E-state index is -2.41. The fraction of sp³-hybridized carbons (Fsp3) is 0.758. The molecule has 2 aromatic rings. The number of hydrogen-bond donors (Lipinski definition) is 0. The van der Waals surface area contributed by atoms with Gasteiger partial charge in [0.25, 0.3) is 0 Å². The molecule has 0 bridgehead atoms. The Balaban J connectivity index is 2.05. The van der Waals surface area contributed by atoms with E-state index in [-0.39, 0.29) is 0 Å². The van der Waals surface area contributed by atoms with Crippen molar-refractivity contribution in [1.29, 1.82) is 0 Å². The molecule has 0 aromatic carbocycles. The van der Waals surface area contributed by atoms with Crippen LogP contribution in [0.5, 0.6) is 0 Å². The van der Waals surface area contributed by atoms with Gasteiger partial charge in [-0.3, -0.25) is 0 Å². The minimum absolute atomic E-state index is 0.318. The second kappa shape index (κ2) is 15.7. The molecule has 204 valence electrons. The molecule has 36 heavy (non-hydrogen) atoms. The fourth-order valence-electron chi connectivity index (χ4n) is 6.84. The van der Waals surface area contributed by atoms with E-state index < -0.39 is 18.4 Å². The number of unbranched alkanes of at least 4 members (excludes halogenated alkanes) is 9. The van der Waals surface area contributed by atoms with Gasteiger partial charge in [-0.2, -0.15) is 0 Å². The first-order valence-corrected chi connectivity index (χ1v) is 25.0. The van der Waals surface area contributed by atoms with E-state index in [1.54, 1.807) is 28.6 Å². The van der Waals surface area contributed by atoms with Gasteiger partial charge in [0.2, 0.25) is 0 Å². The first-order chi connectivity index (χ1) is 17.6. The van der Waals surface area contributed by atoms with E-state index in [0.29, 0.717) is 5.41 Å². The zero-order chi connectivity index (χ0) is 25.9. The summed E-state index contributed by atoms with van der Waals surface area (Å²) in [6.45, 7) is 12.0. The standard InChI is InChI=1S/C21H29S2.3C4H9.Sn/c1-3-5-7-9-13-21(14-10-8-6-4-2)17-11-15-22-19(17)20-18(21)12-16-23-20;3*1-3-4-2;/h11-12,15H,3-10,13-14H2,1-2H3;3*1,3-4H2,2H3;. The zero-order valence-electron chi connectivity index (χ0n) is 24.5. The van der Waals surface area contributed by atoms with Gasteiger partial charge in [-0.1, -0.05) is 0 Å². The van der Waals surface area contributed by atoms with Crippen LogP contribution in [0.4, 0.5) is 0 Å². The summed E-state index contributed by atoms with van der Waals surface area (Å²) in [6, 6.07) is 5.43. The molecule has 0 radical (unpaired) electrons. The number of rotatable bonds is 20. The number of fused-ring (bicyclic) bond motifs is 3. The van der Waals surface area contributed by atoms with E-state index in [0.717, 1.165) is 0 Å². The predicted octanol–water partition coefficient (Wildman–Crippen LogP) is 12.1. The van der Waals surface area contributed by atoms with Gasteiger partial charge in [0.1, 0.15) is 0 Å². The van der Waals surface area contributed by atoms with Gasteiger partial charge >= 0.3 is 238 Å². The van der Waals surface area contributed by atoms with Gasteiger partial charge in [-0.15, -0.1) is 0 Å². The van der Waals surface area contributed by atoms with Crippen molar-refractivity contribution in [2.75, 3.05) is 0 Å². The molecule has 0 saturated heterocycles. The third-order valence-corrected chi connectivity index (χ3v) is 29.5. The Morgan fingerprint density at radius 1 is 0.611 bits per heavy atom. The van der Waals surface area contributed by atoms with Gasteiger partial charge in [0.15, 0.2) is 0 Å². The summed E-state index contributed by atoms with van der Waals surface area (Å²) in [6.07, 6.45) is 22.4. The van der Waals surface area contributed by atoms with Crippen molar-refractivity contribution >= 4 is 43.9 Å². The predicted molar refractivity (Wildman–Crippen MR) is 170 cm³/mol. The van der Waals surface area contributed by atoms with Gasteiger partial charge in [-0.25, -0.2) is 0 Å². The first kappa shape index (κ1) is 30.7. The molecule has 3 rings (SSSR count). The molecule has 0 spiro atoms. The van der Waals surface area contributed by atoms with E-state index in [1.807, 2.05) is 8.46 Å². The second-order valence-electron chi connectivity index (χ2n) is 11.8. The summed E-state index contributed by atoms with van der Waals surface area (Å²) < 4.78 is 6.77. The molecule has 0 saturated carbocycles. The van der Waals surface area contributed by atoms with Crippen molar-refractivity contribution in [2.45, 2.75) is 156 Å². The van der Waals surface area contributed by atoms with Crippen LogP contribution in [0.15, 0.2) is 17.5 Å². The summed E-state index contributed by atoms with van der Waals surface area (Å²) >= 11 is 1.97. The Bertz CT molecular complexity index is 842. The van der Waals surface area contributed by atoms with Crippen LogP contribution >= 0.6 is 22.7 Å². The van der Waals surface area contributed by atoms with Crippen molar-refractivity contribution in [1.82, 2.24) is 0 Å². The summed E-state index contributed by atoms with van der Waals surface area (Å²) in [4.78, 5) is 3.40. The first-order valence-electron chi connectivity index (χ1n) is 15.9. The van der Waals surface area contributed by atoms with Crippen LogP contribution in [-0.4, -0.2) is 18.4 Å². The molecular formula is C33H56S2Sn. The molecule has 2 heterocycles. The number of thiophene rings is 2. The summed E-state index contributed by atoms with van der Waals surface area (Å²) in [5, 5.41) is 2.42. The van der Waals surface area contributed by atoms with Crippen LogP contribution in [0.25, 0.3) is 9.75 Å². The molecule has 0 fully saturated rings. The topological polar surface area (TPSA) is 0 Å². The van der Waals surface area contributed by atoms with Crippen molar-refractivity contribution in [3.8, 4) is 9.75 Å². The summed E-state index contributed by atoms with van der Waals surface area (Å²) in [5.41, 5.74) is 3.85. The zero-order valence-corrected chi connectivity index (χ0v) is 29.0. The Morgan fingerprint density at radius 2 is 1.14 bits per heavy atom. The molecular weight excluding hydrogens is 579 g/mol. The van der Waals surface area contributed by atoms with Crippen molar-refractivity contribution < 1.29 is 0 Å². The maximum absolute atomic E-state index is 2.89. The fourth-order valence-corrected chi connectivity index (χ4v) is 28.4. The van der Waals surface area contributed by atoms with Crippen LogP contribution in [0, 0.1) is 0 Å². The van der Waals surface area contributed by atoms with Gasteiger partial charge in [0, 0.05) is 0 Å². The quantitative estimate of drug-likeness (QED) is 0.100. The molecule has 0 unspecified atom stereocenters. The van der Waals surface area contributed by atoms with E-state index in [9.17, 15) is 0 Å². The van der Waals surface area contributed by atoms with Crippen LogP contribution < -0.4 is 2.89 Å². The van der Waals surface area contributed by atoms with Crippen LogP contribution in [0.1, 0.15) is 148 Å². The Hall–Kier alpha value is 0.199. The molecule has 1 aliphatic rings. The van der Waals surface area contributed by atoms with Crippen molar-refractivity contribution in [3.63, 3.8) is 0 Å². The average Bonchev–Trinajstić information content (AvgIpc) is 3.60. The molecule has 0 aliphatic heterocycles. The average molecular weight is 636 g/mol. The Morgan fingerprint density at radius 3 is 1.64 bits per heavy atom. The molecule has 1 aliphatic carbocycles. The van der Waals surface area contributed by atoms with Crippen molar-refractivity contribution in [2.24, 2.45) is 0 Å². The summed E-state index contributed by atoms with van der Waals surface area (Å²) in [7, 11) is 0. The monoisotopic (exact) mass is 636 g/mol. The van der Waals surface area contributed by atoms with E-state index in [2.05, 4.69) is 74.8 Å². The summed E-state index contributed by atoms with van der Waals surface area (Å²) in [5.74, 6) is 0. The third-order valence-electron chi connectivity index (χ3n) is 9.10. The molecule has 0 N–H and O–H groups in total. The van der Waals surface area contributed by atoms with Gasteiger partial charge in [-0.05, 0) is 0 Å². The van der Waals surface area contributed by atoms with E-state index in [1.165, 1.54) is 103 Å². The third kappa shape index (κ3) is 7.03. The van der Waals surface area contributed by atoms with Crippen LogP contribution in [0.2, 0.25) is 13.3 Å². The Kier molecular flexibility index (Phi) is 13.4. The molecule has 0 atom stereocenters.